The second-order valence-corrected chi connectivity index (χ2v) is 5.67. The zero-order valence-electron chi connectivity index (χ0n) is 11.5. The summed E-state index contributed by atoms with van der Waals surface area (Å²) in [4.78, 5) is 23.2. The first-order chi connectivity index (χ1) is 9.40. The maximum atomic E-state index is 11.8. The summed E-state index contributed by atoms with van der Waals surface area (Å²) in [6.07, 6.45) is 0.483. The van der Waals surface area contributed by atoms with E-state index in [9.17, 15) is 9.59 Å². The van der Waals surface area contributed by atoms with Crippen LogP contribution in [-0.4, -0.2) is 24.9 Å². The van der Waals surface area contributed by atoms with E-state index in [4.69, 9.17) is 23.2 Å². The van der Waals surface area contributed by atoms with Crippen molar-refractivity contribution in [3.63, 3.8) is 0 Å². The van der Waals surface area contributed by atoms with Crippen molar-refractivity contribution >= 4 is 35.0 Å². The van der Waals surface area contributed by atoms with E-state index in [0.717, 1.165) is 0 Å². The number of amides is 2. The fourth-order valence-corrected chi connectivity index (χ4v) is 2.08. The topological polar surface area (TPSA) is 58.2 Å². The second kappa shape index (κ2) is 8.12. The standard InChI is InChI=1S/C14H18Cl2N2O2/c1-9(2)7-13(19)17-5-6-18-14(20)11-4-3-10(15)8-12(11)16/h3-4,8-9H,5-7H2,1-2H3,(H,17,19)(H,18,20). The Morgan fingerprint density at radius 3 is 2.40 bits per heavy atom. The zero-order valence-corrected chi connectivity index (χ0v) is 13.0. The average molecular weight is 317 g/mol. The summed E-state index contributed by atoms with van der Waals surface area (Å²) < 4.78 is 0. The Morgan fingerprint density at radius 2 is 1.80 bits per heavy atom. The lowest BCUT2D eigenvalue weighted by atomic mass is 10.1. The van der Waals surface area contributed by atoms with Gasteiger partial charge in [-0.05, 0) is 24.1 Å². The highest BCUT2D eigenvalue weighted by Crippen LogP contribution is 2.20. The van der Waals surface area contributed by atoms with Gasteiger partial charge in [0.05, 0.1) is 10.6 Å². The van der Waals surface area contributed by atoms with Crippen molar-refractivity contribution in [2.24, 2.45) is 5.92 Å². The van der Waals surface area contributed by atoms with Gasteiger partial charge in [0.25, 0.3) is 5.91 Å². The van der Waals surface area contributed by atoms with Gasteiger partial charge in [0.15, 0.2) is 0 Å². The van der Waals surface area contributed by atoms with Gasteiger partial charge in [0.2, 0.25) is 5.91 Å². The van der Waals surface area contributed by atoms with Crippen molar-refractivity contribution in [1.29, 1.82) is 0 Å². The fourth-order valence-electron chi connectivity index (χ4n) is 1.59. The number of benzene rings is 1. The fraction of sp³-hybridized carbons (Fsp3) is 0.429. The quantitative estimate of drug-likeness (QED) is 0.793. The van der Waals surface area contributed by atoms with Gasteiger partial charge in [0, 0.05) is 24.5 Å². The monoisotopic (exact) mass is 316 g/mol. The first-order valence-electron chi connectivity index (χ1n) is 6.40. The highest BCUT2D eigenvalue weighted by Gasteiger charge is 2.10. The van der Waals surface area contributed by atoms with Gasteiger partial charge in [-0.3, -0.25) is 9.59 Å². The Morgan fingerprint density at radius 1 is 1.15 bits per heavy atom. The van der Waals surface area contributed by atoms with Crippen LogP contribution in [0.2, 0.25) is 10.0 Å². The van der Waals surface area contributed by atoms with E-state index in [0.29, 0.717) is 41.0 Å². The van der Waals surface area contributed by atoms with Crippen molar-refractivity contribution < 1.29 is 9.59 Å². The summed E-state index contributed by atoms with van der Waals surface area (Å²) in [6.45, 7) is 4.69. The maximum Gasteiger partial charge on any atom is 0.252 e. The van der Waals surface area contributed by atoms with Crippen molar-refractivity contribution in [1.82, 2.24) is 10.6 Å². The molecule has 0 unspecified atom stereocenters. The molecule has 0 fully saturated rings. The molecule has 0 heterocycles. The van der Waals surface area contributed by atoms with Crippen LogP contribution in [0.3, 0.4) is 0 Å². The van der Waals surface area contributed by atoms with E-state index in [2.05, 4.69) is 10.6 Å². The number of hydrogen-bond donors (Lipinski definition) is 2. The minimum Gasteiger partial charge on any atom is -0.354 e. The lowest BCUT2D eigenvalue weighted by molar-refractivity contribution is -0.121. The molecule has 1 rings (SSSR count). The van der Waals surface area contributed by atoms with Gasteiger partial charge in [-0.2, -0.15) is 0 Å². The molecule has 0 aliphatic carbocycles. The molecule has 2 amide bonds. The number of rotatable bonds is 6. The number of carbonyl (C=O) groups is 2. The minimum atomic E-state index is -0.287. The number of nitrogens with one attached hydrogen (secondary N) is 2. The lowest BCUT2D eigenvalue weighted by Crippen LogP contribution is -2.35. The van der Waals surface area contributed by atoms with Gasteiger partial charge in [-0.1, -0.05) is 37.0 Å². The van der Waals surface area contributed by atoms with Crippen LogP contribution in [0.15, 0.2) is 18.2 Å². The molecule has 0 aromatic heterocycles. The molecular weight excluding hydrogens is 299 g/mol. The van der Waals surface area contributed by atoms with Gasteiger partial charge < -0.3 is 10.6 Å². The van der Waals surface area contributed by atoms with Crippen molar-refractivity contribution in [2.75, 3.05) is 13.1 Å². The van der Waals surface area contributed by atoms with Crippen LogP contribution in [0.4, 0.5) is 0 Å². The molecule has 0 saturated carbocycles. The first-order valence-corrected chi connectivity index (χ1v) is 7.15. The first kappa shape index (κ1) is 16.8. The van der Waals surface area contributed by atoms with Gasteiger partial charge in [0.1, 0.15) is 0 Å². The molecule has 0 aliphatic rings. The molecule has 0 atom stereocenters. The summed E-state index contributed by atoms with van der Waals surface area (Å²) in [6, 6.07) is 4.69. The largest absolute Gasteiger partial charge is 0.354 e. The lowest BCUT2D eigenvalue weighted by Gasteiger charge is -2.09. The molecule has 6 heteroatoms. The van der Waals surface area contributed by atoms with Crippen LogP contribution < -0.4 is 10.6 Å². The smallest absolute Gasteiger partial charge is 0.252 e. The summed E-state index contributed by atoms with van der Waals surface area (Å²) in [7, 11) is 0. The molecule has 0 radical (unpaired) electrons. The van der Waals surface area contributed by atoms with Gasteiger partial charge >= 0.3 is 0 Å². The Hall–Kier alpha value is -1.26. The SMILES string of the molecule is CC(C)CC(=O)NCCNC(=O)c1ccc(Cl)cc1Cl. The molecule has 0 saturated heterocycles. The number of halogens is 2. The van der Waals surface area contributed by atoms with E-state index in [1.54, 1.807) is 12.1 Å². The molecule has 0 bridgehead atoms. The van der Waals surface area contributed by atoms with Crippen LogP contribution in [0.5, 0.6) is 0 Å². The van der Waals surface area contributed by atoms with Gasteiger partial charge in [-0.25, -0.2) is 0 Å². The predicted octanol–water partition coefficient (Wildman–Crippen LogP) is 2.89. The van der Waals surface area contributed by atoms with E-state index in [1.165, 1.54) is 6.07 Å². The summed E-state index contributed by atoms with van der Waals surface area (Å²) in [5.41, 5.74) is 0.365. The molecule has 0 aliphatic heterocycles. The molecular formula is C14H18Cl2N2O2. The molecule has 1 aromatic carbocycles. The molecule has 2 N–H and O–H groups in total. The Kier molecular flexibility index (Phi) is 6.82. The van der Waals surface area contributed by atoms with Crippen LogP contribution in [0.25, 0.3) is 0 Å². The average Bonchev–Trinajstić information content (AvgIpc) is 2.33. The Labute approximate surface area is 128 Å². The molecule has 20 heavy (non-hydrogen) atoms. The van der Waals surface area contributed by atoms with E-state index in [1.807, 2.05) is 13.8 Å². The van der Waals surface area contributed by atoms with Crippen molar-refractivity contribution in [3.8, 4) is 0 Å². The van der Waals surface area contributed by atoms with Crippen LogP contribution in [0.1, 0.15) is 30.6 Å². The third-order valence-corrected chi connectivity index (χ3v) is 3.05. The highest BCUT2D eigenvalue weighted by atomic mass is 35.5. The summed E-state index contributed by atoms with van der Waals surface area (Å²) >= 11 is 11.7. The van der Waals surface area contributed by atoms with E-state index >= 15 is 0 Å². The molecule has 110 valence electrons. The van der Waals surface area contributed by atoms with Crippen LogP contribution in [0, 0.1) is 5.92 Å². The van der Waals surface area contributed by atoms with Crippen molar-refractivity contribution in [3.05, 3.63) is 33.8 Å². The third-order valence-electron chi connectivity index (χ3n) is 2.50. The van der Waals surface area contributed by atoms with Gasteiger partial charge in [-0.15, -0.1) is 0 Å². The molecule has 4 nitrogen and oxygen atoms in total. The Bertz CT molecular complexity index is 490. The number of hydrogen-bond acceptors (Lipinski definition) is 2. The highest BCUT2D eigenvalue weighted by molar-refractivity contribution is 6.36. The van der Waals surface area contributed by atoms with Crippen LogP contribution >= 0.6 is 23.2 Å². The van der Waals surface area contributed by atoms with E-state index < -0.39 is 0 Å². The third kappa shape index (κ3) is 5.80. The zero-order chi connectivity index (χ0) is 15.1. The normalized spacial score (nSPS) is 10.4. The predicted molar refractivity (Wildman–Crippen MR) is 81.3 cm³/mol. The second-order valence-electron chi connectivity index (χ2n) is 4.83. The molecule has 1 aromatic rings. The van der Waals surface area contributed by atoms with Crippen LogP contribution in [-0.2, 0) is 4.79 Å². The maximum absolute atomic E-state index is 11.8. The minimum absolute atomic E-state index is 0.0150. The van der Waals surface area contributed by atoms with Crippen molar-refractivity contribution in [2.45, 2.75) is 20.3 Å². The Balaban J connectivity index is 2.35. The van der Waals surface area contributed by atoms with E-state index in [-0.39, 0.29) is 11.8 Å². The number of carbonyl (C=O) groups excluding carboxylic acids is 2. The molecule has 0 spiro atoms. The summed E-state index contributed by atoms with van der Waals surface area (Å²) in [5, 5.41) is 6.21. The summed E-state index contributed by atoms with van der Waals surface area (Å²) in [5.74, 6) is 0.0148.